The molecule has 0 saturated carbocycles. The average Bonchev–Trinajstić information content (AvgIpc) is 2.35. The number of hydrogen-bond donors (Lipinski definition) is 0. The Kier molecular flexibility index (Phi) is 4.84. The number of benzene rings is 1. The van der Waals surface area contributed by atoms with Crippen molar-refractivity contribution in [1.29, 1.82) is 0 Å². The van der Waals surface area contributed by atoms with Crippen molar-refractivity contribution in [2.24, 2.45) is 0 Å². The van der Waals surface area contributed by atoms with Gasteiger partial charge in [-0.25, -0.2) is 0 Å². The molecule has 1 aromatic rings. The second-order valence-corrected chi connectivity index (χ2v) is 4.97. The number of ether oxygens (including phenoxy) is 1. The fourth-order valence-electron chi connectivity index (χ4n) is 1.91. The number of carbonyl (C=O) groups excluding carboxylic acids is 1. The van der Waals surface area contributed by atoms with Crippen LogP contribution in [0.1, 0.15) is 43.9 Å². The third-order valence-electron chi connectivity index (χ3n) is 3.24. The first-order valence-corrected chi connectivity index (χ1v) is 6.29. The molecule has 0 aliphatic carbocycles. The predicted molar refractivity (Wildman–Crippen MR) is 65.9 cm³/mol. The summed E-state index contributed by atoms with van der Waals surface area (Å²) in [5, 5.41) is 0. The van der Waals surface area contributed by atoms with Crippen LogP contribution in [0.3, 0.4) is 0 Å². The lowest BCUT2D eigenvalue weighted by Crippen LogP contribution is -2.28. The molecule has 1 atom stereocenters. The van der Waals surface area contributed by atoms with Gasteiger partial charge in [-0.3, -0.25) is 4.79 Å². The molecule has 0 fully saturated rings. The van der Waals surface area contributed by atoms with Crippen molar-refractivity contribution in [3.63, 3.8) is 0 Å². The minimum Gasteiger partial charge on any atom is -0.455 e. The fourth-order valence-corrected chi connectivity index (χ4v) is 1.91. The largest absolute Gasteiger partial charge is 0.455 e. The van der Waals surface area contributed by atoms with Crippen LogP contribution in [0.25, 0.3) is 0 Å². The van der Waals surface area contributed by atoms with Gasteiger partial charge in [-0.1, -0.05) is 6.92 Å². The van der Waals surface area contributed by atoms with Crippen LogP contribution in [0, 0.1) is 0 Å². The molecule has 0 spiro atoms. The first-order chi connectivity index (χ1) is 9.79. The molecule has 0 radical (unpaired) electrons. The van der Waals surface area contributed by atoms with Crippen LogP contribution in [0.15, 0.2) is 18.2 Å². The molecule has 1 rings (SSSR count). The molecular formula is C14H14F6O2. The van der Waals surface area contributed by atoms with Gasteiger partial charge >= 0.3 is 18.3 Å². The molecular weight excluding hydrogens is 314 g/mol. The fraction of sp³-hybridized carbons (Fsp3) is 0.500. The maximum Gasteiger partial charge on any atom is 0.416 e. The Morgan fingerprint density at radius 3 is 1.59 bits per heavy atom. The second-order valence-electron chi connectivity index (χ2n) is 4.97. The van der Waals surface area contributed by atoms with Gasteiger partial charge in [0.25, 0.3) is 0 Å². The monoisotopic (exact) mass is 328 g/mol. The molecule has 0 N–H and O–H groups in total. The van der Waals surface area contributed by atoms with Crippen molar-refractivity contribution in [3.8, 4) is 0 Å². The Bertz CT molecular complexity index is 529. The number of halogens is 6. The third-order valence-corrected chi connectivity index (χ3v) is 3.24. The molecule has 8 heteroatoms. The van der Waals surface area contributed by atoms with Gasteiger partial charge in [0.05, 0.1) is 11.1 Å². The summed E-state index contributed by atoms with van der Waals surface area (Å²) in [5.41, 5.74) is -4.81. The van der Waals surface area contributed by atoms with E-state index in [0.717, 1.165) is 6.92 Å². The summed E-state index contributed by atoms with van der Waals surface area (Å²) in [7, 11) is 0. The summed E-state index contributed by atoms with van der Waals surface area (Å²) in [6.45, 7) is 3.80. The van der Waals surface area contributed by atoms with E-state index in [1.165, 1.54) is 13.8 Å². The van der Waals surface area contributed by atoms with Gasteiger partial charge in [0.2, 0.25) is 0 Å². The summed E-state index contributed by atoms with van der Waals surface area (Å²) in [5.74, 6) is -0.796. The Balaban J connectivity index is 3.56. The zero-order chi connectivity index (χ0) is 17.3. The van der Waals surface area contributed by atoms with Gasteiger partial charge in [0.1, 0.15) is 5.60 Å². The molecule has 0 aliphatic heterocycles. The highest BCUT2D eigenvalue weighted by molar-refractivity contribution is 5.66. The van der Waals surface area contributed by atoms with E-state index in [-0.39, 0.29) is 18.1 Å². The standard InChI is InChI=1S/C14H14F6O2/c1-4-12(3,22-8(2)21)9-5-10(13(15,16)17)7-11(6-9)14(18,19)20/h5-7H,4H2,1-3H3. The first-order valence-electron chi connectivity index (χ1n) is 6.29. The topological polar surface area (TPSA) is 26.3 Å². The van der Waals surface area contributed by atoms with E-state index < -0.39 is 35.0 Å². The van der Waals surface area contributed by atoms with E-state index in [2.05, 4.69) is 0 Å². The quantitative estimate of drug-likeness (QED) is 0.582. The molecule has 1 unspecified atom stereocenters. The van der Waals surface area contributed by atoms with Crippen LogP contribution in [0.5, 0.6) is 0 Å². The van der Waals surface area contributed by atoms with Crippen molar-refractivity contribution in [2.45, 2.75) is 45.1 Å². The Morgan fingerprint density at radius 1 is 0.955 bits per heavy atom. The van der Waals surface area contributed by atoms with E-state index in [9.17, 15) is 31.1 Å². The lowest BCUT2D eigenvalue weighted by atomic mass is 9.89. The summed E-state index contributed by atoms with van der Waals surface area (Å²) in [4.78, 5) is 11.1. The van der Waals surface area contributed by atoms with Crippen LogP contribution in [-0.4, -0.2) is 5.97 Å². The van der Waals surface area contributed by atoms with Crippen molar-refractivity contribution in [2.75, 3.05) is 0 Å². The molecule has 2 nitrogen and oxygen atoms in total. The highest BCUT2D eigenvalue weighted by Crippen LogP contribution is 2.40. The van der Waals surface area contributed by atoms with E-state index in [4.69, 9.17) is 4.74 Å². The SMILES string of the molecule is CCC(C)(OC(C)=O)c1cc(C(F)(F)F)cc(C(F)(F)F)c1. The lowest BCUT2D eigenvalue weighted by molar-refractivity contribution is -0.157. The lowest BCUT2D eigenvalue weighted by Gasteiger charge is -2.29. The summed E-state index contributed by atoms with van der Waals surface area (Å²) in [6.07, 6.45) is -9.87. The zero-order valence-corrected chi connectivity index (χ0v) is 12.0. The highest BCUT2D eigenvalue weighted by Gasteiger charge is 2.39. The van der Waals surface area contributed by atoms with Gasteiger partial charge in [-0.15, -0.1) is 0 Å². The summed E-state index contributed by atoms with van der Waals surface area (Å²) >= 11 is 0. The smallest absolute Gasteiger partial charge is 0.416 e. The van der Waals surface area contributed by atoms with Crippen LogP contribution in [0.4, 0.5) is 26.3 Å². The Labute approximate surface area is 123 Å². The number of hydrogen-bond acceptors (Lipinski definition) is 2. The van der Waals surface area contributed by atoms with Gasteiger partial charge < -0.3 is 4.74 Å². The summed E-state index contributed by atoms with van der Waals surface area (Å²) in [6, 6.07) is 1.18. The Hall–Kier alpha value is -1.73. The van der Waals surface area contributed by atoms with Crippen molar-refractivity contribution in [1.82, 2.24) is 0 Å². The van der Waals surface area contributed by atoms with Gasteiger partial charge in [-0.05, 0) is 37.1 Å². The average molecular weight is 328 g/mol. The number of rotatable bonds is 3. The molecule has 124 valence electrons. The first kappa shape index (κ1) is 18.3. The highest BCUT2D eigenvalue weighted by atomic mass is 19.4. The van der Waals surface area contributed by atoms with E-state index in [0.29, 0.717) is 12.1 Å². The molecule has 0 bridgehead atoms. The van der Waals surface area contributed by atoms with E-state index in [1.807, 2.05) is 0 Å². The van der Waals surface area contributed by atoms with Crippen molar-refractivity contribution in [3.05, 3.63) is 34.9 Å². The second kappa shape index (κ2) is 5.81. The van der Waals surface area contributed by atoms with Crippen LogP contribution in [-0.2, 0) is 27.5 Å². The number of carbonyl (C=O) groups is 1. The molecule has 0 amide bonds. The maximum absolute atomic E-state index is 12.8. The number of alkyl halides is 6. The van der Waals surface area contributed by atoms with Gasteiger partial charge in [-0.2, -0.15) is 26.3 Å². The maximum atomic E-state index is 12.8. The summed E-state index contributed by atoms with van der Waals surface area (Å²) < 4.78 is 81.8. The predicted octanol–water partition coefficient (Wildman–Crippen LogP) is 4.91. The molecule has 22 heavy (non-hydrogen) atoms. The normalized spacial score (nSPS) is 15.3. The minimum atomic E-state index is -4.94. The van der Waals surface area contributed by atoms with Crippen molar-refractivity contribution >= 4 is 5.97 Å². The van der Waals surface area contributed by atoms with Crippen LogP contribution in [0.2, 0.25) is 0 Å². The van der Waals surface area contributed by atoms with Gasteiger partial charge in [0.15, 0.2) is 0 Å². The molecule has 1 aromatic carbocycles. The minimum absolute atomic E-state index is 0.0190. The number of esters is 1. The van der Waals surface area contributed by atoms with E-state index in [1.54, 1.807) is 0 Å². The van der Waals surface area contributed by atoms with Gasteiger partial charge in [0, 0.05) is 6.92 Å². The van der Waals surface area contributed by atoms with Crippen molar-refractivity contribution < 1.29 is 35.9 Å². The zero-order valence-electron chi connectivity index (χ0n) is 12.0. The molecule has 0 aromatic heterocycles. The van der Waals surface area contributed by atoms with Crippen LogP contribution >= 0.6 is 0 Å². The molecule has 0 saturated heterocycles. The molecule has 0 heterocycles. The molecule has 0 aliphatic rings. The van der Waals surface area contributed by atoms with E-state index >= 15 is 0 Å². The van der Waals surface area contributed by atoms with Crippen LogP contribution < -0.4 is 0 Å². The third kappa shape index (κ3) is 4.14. The Morgan fingerprint density at radius 2 is 1.32 bits per heavy atom.